The Hall–Kier alpha value is -0.980. The fourth-order valence-corrected chi connectivity index (χ4v) is 1.98. The predicted molar refractivity (Wildman–Crippen MR) is 62.2 cm³/mol. The molecule has 0 aliphatic carbocycles. The molecule has 0 bridgehead atoms. The van der Waals surface area contributed by atoms with E-state index in [0.717, 1.165) is 6.29 Å². The van der Waals surface area contributed by atoms with Crippen LogP contribution in [-0.4, -0.2) is 48.6 Å². The van der Waals surface area contributed by atoms with Crippen molar-refractivity contribution < 1.29 is 28.9 Å². The van der Waals surface area contributed by atoms with Gasteiger partial charge in [-0.2, -0.15) is 0 Å². The first-order chi connectivity index (χ1) is 8.56. The van der Waals surface area contributed by atoms with Crippen LogP contribution in [0.25, 0.3) is 0 Å². The third kappa shape index (κ3) is 3.76. The van der Waals surface area contributed by atoms with Gasteiger partial charge in [0, 0.05) is 13.0 Å². The fourth-order valence-electron chi connectivity index (χ4n) is 1.98. The first-order valence-corrected chi connectivity index (χ1v) is 6.17. The molecule has 6 heteroatoms. The Bertz CT molecular complexity index is 286. The second kappa shape index (κ2) is 6.82. The van der Waals surface area contributed by atoms with Crippen molar-refractivity contribution in [1.29, 1.82) is 0 Å². The van der Waals surface area contributed by atoms with E-state index in [2.05, 4.69) is 0 Å². The molecule has 1 heterocycles. The second-order valence-electron chi connectivity index (χ2n) is 4.23. The maximum Gasteiger partial charge on any atom is 0.329 e. The third-order valence-corrected chi connectivity index (χ3v) is 3.07. The highest BCUT2D eigenvalue weighted by atomic mass is 16.8. The summed E-state index contributed by atoms with van der Waals surface area (Å²) in [4.78, 5) is 21.2. The molecule has 1 fully saturated rings. The molecule has 1 aliphatic heterocycles. The first kappa shape index (κ1) is 15.1. The van der Waals surface area contributed by atoms with Crippen LogP contribution in [0, 0.1) is 0 Å². The molecule has 18 heavy (non-hydrogen) atoms. The van der Waals surface area contributed by atoms with Gasteiger partial charge in [-0.05, 0) is 12.8 Å². The lowest BCUT2D eigenvalue weighted by Crippen LogP contribution is -2.29. The van der Waals surface area contributed by atoms with Gasteiger partial charge in [0.1, 0.15) is 12.7 Å². The number of aliphatic carboxylic acids is 1. The maximum atomic E-state index is 10.9. The summed E-state index contributed by atoms with van der Waals surface area (Å²) in [6, 6.07) is 0. The minimum atomic E-state index is -1.01. The molecule has 6 nitrogen and oxygen atoms in total. The van der Waals surface area contributed by atoms with Gasteiger partial charge < -0.3 is 24.1 Å². The van der Waals surface area contributed by atoms with E-state index in [4.69, 9.17) is 19.3 Å². The van der Waals surface area contributed by atoms with Crippen molar-refractivity contribution in [3.05, 3.63) is 0 Å². The molecule has 1 rings (SSSR count). The van der Waals surface area contributed by atoms with Crippen molar-refractivity contribution in [3.8, 4) is 0 Å². The largest absolute Gasteiger partial charge is 0.480 e. The number of carbonyl (C=O) groups is 2. The molecule has 0 unspecified atom stereocenters. The highest BCUT2D eigenvalue weighted by Gasteiger charge is 2.44. The van der Waals surface area contributed by atoms with Crippen LogP contribution in [-0.2, 0) is 23.8 Å². The normalized spacial score (nSPS) is 26.1. The molecular formula is C12H20O6. The van der Waals surface area contributed by atoms with Crippen LogP contribution in [0.5, 0.6) is 0 Å². The van der Waals surface area contributed by atoms with E-state index in [1.807, 2.05) is 13.8 Å². The molecule has 1 saturated heterocycles. The molecular weight excluding hydrogens is 240 g/mol. The summed E-state index contributed by atoms with van der Waals surface area (Å²) in [6.45, 7) is 3.77. The summed E-state index contributed by atoms with van der Waals surface area (Å²) in [5.41, 5.74) is 0. The number of carboxylic acid groups (broad SMARTS) is 1. The molecule has 0 radical (unpaired) electrons. The van der Waals surface area contributed by atoms with Gasteiger partial charge in [-0.15, -0.1) is 0 Å². The highest BCUT2D eigenvalue weighted by molar-refractivity contribution is 5.67. The van der Waals surface area contributed by atoms with E-state index in [9.17, 15) is 9.59 Å². The van der Waals surface area contributed by atoms with Gasteiger partial charge >= 0.3 is 5.97 Å². The van der Waals surface area contributed by atoms with Crippen molar-refractivity contribution in [1.82, 2.24) is 0 Å². The van der Waals surface area contributed by atoms with Crippen LogP contribution in [0.15, 0.2) is 0 Å². The highest BCUT2D eigenvalue weighted by Crippen LogP contribution is 2.34. The van der Waals surface area contributed by atoms with Crippen LogP contribution in [0.2, 0.25) is 0 Å². The van der Waals surface area contributed by atoms with Crippen LogP contribution in [0.3, 0.4) is 0 Å². The van der Waals surface area contributed by atoms with Crippen molar-refractivity contribution in [2.75, 3.05) is 13.2 Å². The van der Waals surface area contributed by atoms with Gasteiger partial charge in [0.05, 0.1) is 6.10 Å². The third-order valence-electron chi connectivity index (χ3n) is 3.07. The summed E-state index contributed by atoms with van der Waals surface area (Å²) in [7, 11) is 0. The van der Waals surface area contributed by atoms with Crippen molar-refractivity contribution in [3.63, 3.8) is 0 Å². The van der Waals surface area contributed by atoms with Gasteiger partial charge in [0.25, 0.3) is 0 Å². The van der Waals surface area contributed by atoms with Crippen molar-refractivity contribution >= 4 is 12.3 Å². The van der Waals surface area contributed by atoms with Crippen LogP contribution < -0.4 is 0 Å². The Morgan fingerprint density at radius 1 is 1.39 bits per heavy atom. The zero-order valence-electron chi connectivity index (χ0n) is 10.8. The minimum absolute atomic E-state index is 0.230. The summed E-state index contributed by atoms with van der Waals surface area (Å²) >= 11 is 0. The smallest absolute Gasteiger partial charge is 0.329 e. The van der Waals surface area contributed by atoms with E-state index in [1.165, 1.54) is 0 Å². The summed E-state index contributed by atoms with van der Waals surface area (Å²) < 4.78 is 16.3. The van der Waals surface area contributed by atoms with Gasteiger partial charge in [-0.3, -0.25) is 0 Å². The molecule has 0 amide bonds. The monoisotopic (exact) mass is 260 g/mol. The van der Waals surface area contributed by atoms with Crippen LogP contribution in [0.4, 0.5) is 0 Å². The number of rotatable bonds is 8. The zero-order valence-corrected chi connectivity index (χ0v) is 10.8. The van der Waals surface area contributed by atoms with Gasteiger partial charge in [0.15, 0.2) is 12.1 Å². The Morgan fingerprint density at radius 3 is 2.56 bits per heavy atom. The Kier molecular flexibility index (Phi) is 5.71. The lowest BCUT2D eigenvalue weighted by Gasteiger charge is -2.24. The van der Waals surface area contributed by atoms with E-state index < -0.39 is 17.9 Å². The Balaban J connectivity index is 2.44. The van der Waals surface area contributed by atoms with E-state index in [-0.39, 0.29) is 19.3 Å². The molecule has 104 valence electrons. The van der Waals surface area contributed by atoms with Crippen LogP contribution in [0.1, 0.15) is 33.1 Å². The summed E-state index contributed by atoms with van der Waals surface area (Å²) in [5, 5.41) is 8.43. The number of ether oxygens (including phenoxy) is 3. The van der Waals surface area contributed by atoms with E-state index >= 15 is 0 Å². The van der Waals surface area contributed by atoms with Crippen molar-refractivity contribution in [2.45, 2.75) is 51.1 Å². The van der Waals surface area contributed by atoms with Gasteiger partial charge in [-0.25, -0.2) is 4.79 Å². The SMILES string of the molecule is CCC1(CC)O[C@@H](CCOCC(=O)O)[C@@H](C=O)O1. The molecule has 1 aliphatic rings. The molecule has 0 saturated carbocycles. The quantitative estimate of drug-likeness (QED) is 0.517. The van der Waals surface area contributed by atoms with Crippen molar-refractivity contribution in [2.24, 2.45) is 0 Å². The molecule has 0 spiro atoms. The van der Waals surface area contributed by atoms with Crippen LogP contribution >= 0.6 is 0 Å². The fraction of sp³-hybridized carbons (Fsp3) is 0.833. The average molecular weight is 260 g/mol. The Labute approximate surface area is 106 Å². The lowest BCUT2D eigenvalue weighted by atomic mass is 10.1. The number of carbonyl (C=O) groups excluding carboxylic acids is 1. The molecule has 0 aromatic heterocycles. The maximum absolute atomic E-state index is 10.9. The number of hydrogen-bond donors (Lipinski definition) is 1. The predicted octanol–water partition coefficient (Wildman–Crippen LogP) is 0.977. The lowest BCUT2D eigenvalue weighted by molar-refractivity contribution is -0.180. The number of hydrogen-bond acceptors (Lipinski definition) is 5. The minimum Gasteiger partial charge on any atom is -0.480 e. The zero-order chi connectivity index (χ0) is 13.6. The second-order valence-corrected chi connectivity index (χ2v) is 4.23. The molecule has 1 N–H and O–H groups in total. The van der Waals surface area contributed by atoms with E-state index in [0.29, 0.717) is 19.3 Å². The number of aldehydes is 1. The molecule has 2 atom stereocenters. The topological polar surface area (TPSA) is 82.1 Å². The summed E-state index contributed by atoms with van der Waals surface area (Å²) in [6.07, 6.45) is 1.54. The average Bonchev–Trinajstić information content (AvgIpc) is 2.73. The molecule has 0 aromatic rings. The standard InChI is InChI=1S/C12H20O6/c1-3-12(4-2)17-9(10(7-13)18-12)5-6-16-8-11(14)15/h7,9-10H,3-6,8H2,1-2H3,(H,14,15)/t9-,10+/m0/s1. The Morgan fingerprint density at radius 2 is 2.06 bits per heavy atom. The van der Waals surface area contributed by atoms with Gasteiger partial charge in [0.2, 0.25) is 0 Å². The number of carboxylic acids is 1. The van der Waals surface area contributed by atoms with Gasteiger partial charge in [-0.1, -0.05) is 13.8 Å². The van der Waals surface area contributed by atoms with E-state index in [1.54, 1.807) is 0 Å². The molecule has 0 aromatic carbocycles. The summed E-state index contributed by atoms with van der Waals surface area (Å²) in [5.74, 6) is -1.70. The first-order valence-electron chi connectivity index (χ1n) is 6.17.